The van der Waals surface area contributed by atoms with Gasteiger partial charge in [0.2, 0.25) is 5.76 Å². The normalized spacial score (nSPS) is 10.9. The number of nitrogens with two attached hydrogens (primary N) is 1. The van der Waals surface area contributed by atoms with Crippen LogP contribution in [-0.4, -0.2) is 35.8 Å². The second kappa shape index (κ2) is 8.34. The summed E-state index contributed by atoms with van der Waals surface area (Å²) in [5, 5.41) is 11.0. The maximum atomic E-state index is 14.2. The van der Waals surface area contributed by atoms with E-state index in [1.165, 1.54) is 24.7 Å². The number of amides is 1. The summed E-state index contributed by atoms with van der Waals surface area (Å²) >= 11 is 0. The van der Waals surface area contributed by atoms with Gasteiger partial charge in [0.25, 0.3) is 5.91 Å². The molecular formula is C21H15FN8O3. The topological polar surface area (TPSA) is 151 Å². The average Bonchev–Trinajstić information content (AvgIpc) is 3.58. The minimum atomic E-state index is -0.543. The molecule has 0 unspecified atom stereocenters. The van der Waals surface area contributed by atoms with Crippen molar-refractivity contribution in [2.24, 2.45) is 0 Å². The lowest BCUT2D eigenvalue weighted by atomic mass is 10.2. The Bertz CT molecular complexity index is 1410. The molecule has 0 bridgehead atoms. The fourth-order valence-electron chi connectivity index (χ4n) is 3.11. The maximum Gasteiger partial charge on any atom is 0.293 e. The number of rotatable bonds is 6. The first-order valence-electron chi connectivity index (χ1n) is 9.63. The molecule has 3 N–H and O–H groups in total. The maximum absolute atomic E-state index is 14.2. The molecule has 0 aliphatic heterocycles. The van der Waals surface area contributed by atoms with E-state index < -0.39 is 5.91 Å². The Balaban J connectivity index is 1.47. The molecule has 5 rings (SSSR count). The average molecular weight is 446 g/mol. The van der Waals surface area contributed by atoms with Crippen molar-refractivity contribution in [3.63, 3.8) is 0 Å². The van der Waals surface area contributed by atoms with Gasteiger partial charge in [0.1, 0.15) is 29.2 Å². The van der Waals surface area contributed by atoms with Crippen molar-refractivity contribution in [3.8, 4) is 22.9 Å². The van der Waals surface area contributed by atoms with Gasteiger partial charge >= 0.3 is 0 Å². The molecule has 0 aliphatic rings. The second-order valence-corrected chi connectivity index (χ2v) is 6.86. The number of oxazole rings is 1. The molecule has 11 nitrogen and oxygen atoms in total. The predicted octanol–water partition coefficient (Wildman–Crippen LogP) is 3.01. The quantitative estimate of drug-likeness (QED) is 0.401. The number of halogens is 1. The number of anilines is 2. The number of nitrogen functional groups attached to an aromatic ring is 1. The first-order chi connectivity index (χ1) is 16.1. The third-order valence-electron chi connectivity index (χ3n) is 4.71. The van der Waals surface area contributed by atoms with Crippen LogP contribution in [-0.2, 0) is 6.54 Å². The molecule has 0 spiro atoms. The third-order valence-corrected chi connectivity index (χ3v) is 4.71. The van der Waals surface area contributed by atoms with Gasteiger partial charge in [-0.05, 0) is 12.1 Å². The van der Waals surface area contributed by atoms with Crippen LogP contribution in [0.2, 0.25) is 0 Å². The Hall–Kier alpha value is -4.87. The largest absolute Gasteiger partial charge is 0.438 e. The van der Waals surface area contributed by atoms with Crippen molar-refractivity contribution in [1.82, 2.24) is 29.9 Å². The van der Waals surface area contributed by atoms with E-state index in [0.29, 0.717) is 22.6 Å². The number of carbonyl (C=O) groups excluding carboxylic acids is 1. The van der Waals surface area contributed by atoms with Crippen LogP contribution in [0.5, 0.6) is 0 Å². The molecule has 5 aromatic rings. The van der Waals surface area contributed by atoms with Gasteiger partial charge in [-0.15, -0.1) is 0 Å². The van der Waals surface area contributed by atoms with E-state index in [2.05, 4.69) is 30.5 Å². The summed E-state index contributed by atoms with van der Waals surface area (Å²) in [7, 11) is 0. The number of nitrogens with one attached hydrogen (secondary N) is 1. The first kappa shape index (κ1) is 20.1. The lowest BCUT2D eigenvalue weighted by Crippen LogP contribution is -2.13. The van der Waals surface area contributed by atoms with Gasteiger partial charge in [-0.3, -0.25) is 9.48 Å². The fourth-order valence-corrected chi connectivity index (χ4v) is 3.11. The highest BCUT2D eigenvalue weighted by Crippen LogP contribution is 2.26. The predicted molar refractivity (Wildman–Crippen MR) is 113 cm³/mol. The molecule has 0 fully saturated rings. The summed E-state index contributed by atoms with van der Waals surface area (Å²) in [6, 6.07) is 9.77. The third kappa shape index (κ3) is 4.04. The van der Waals surface area contributed by atoms with E-state index >= 15 is 0 Å². The smallest absolute Gasteiger partial charge is 0.293 e. The lowest BCUT2D eigenvalue weighted by molar-refractivity contribution is 0.0996. The molecule has 4 heterocycles. The molecular weight excluding hydrogens is 431 g/mol. The van der Waals surface area contributed by atoms with Crippen molar-refractivity contribution in [2.75, 3.05) is 11.1 Å². The zero-order valence-electron chi connectivity index (χ0n) is 16.8. The highest BCUT2D eigenvalue weighted by Gasteiger charge is 2.18. The highest BCUT2D eigenvalue weighted by atomic mass is 19.1. The highest BCUT2D eigenvalue weighted by molar-refractivity contribution is 6.03. The zero-order chi connectivity index (χ0) is 22.8. The van der Waals surface area contributed by atoms with Gasteiger partial charge in [0.05, 0.1) is 24.6 Å². The van der Waals surface area contributed by atoms with Crippen LogP contribution in [0, 0.1) is 5.82 Å². The molecule has 1 amide bonds. The van der Waals surface area contributed by atoms with Crippen LogP contribution in [0.3, 0.4) is 0 Å². The van der Waals surface area contributed by atoms with Gasteiger partial charge in [-0.2, -0.15) is 5.10 Å². The van der Waals surface area contributed by atoms with Crippen molar-refractivity contribution >= 4 is 17.4 Å². The van der Waals surface area contributed by atoms with E-state index in [-0.39, 0.29) is 35.5 Å². The Kier molecular flexibility index (Phi) is 5.07. The number of aromatic nitrogens is 6. The number of hydrogen-bond acceptors (Lipinski definition) is 9. The molecule has 0 atom stereocenters. The number of hydrogen-bond donors (Lipinski definition) is 2. The van der Waals surface area contributed by atoms with E-state index in [1.807, 2.05) is 0 Å². The second-order valence-electron chi connectivity index (χ2n) is 6.86. The van der Waals surface area contributed by atoms with Crippen LogP contribution < -0.4 is 11.1 Å². The molecule has 164 valence electrons. The minimum absolute atomic E-state index is 0.0163. The summed E-state index contributed by atoms with van der Waals surface area (Å²) in [6.07, 6.45) is 5.20. The van der Waals surface area contributed by atoms with E-state index in [4.69, 9.17) is 14.7 Å². The Morgan fingerprint density at radius 2 is 2.06 bits per heavy atom. The monoisotopic (exact) mass is 446 g/mol. The summed E-state index contributed by atoms with van der Waals surface area (Å²) in [4.78, 5) is 24.3. The van der Waals surface area contributed by atoms with Crippen molar-refractivity contribution in [3.05, 3.63) is 78.6 Å². The minimum Gasteiger partial charge on any atom is -0.438 e. The summed E-state index contributed by atoms with van der Waals surface area (Å²) in [5.74, 6) is -0.643. The number of carbonyl (C=O) groups is 1. The summed E-state index contributed by atoms with van der Waals surface area (Å²) in [5.41, 5.74) is 8.13. The van der Waals surface area contributed by atoms with Crippen molar-refractivity contribution < 1.29 is 18.1 Å². The van der Waals surface area contributed by atoms with Gasteiger partial charge < -0.3 is 20.0 Å². The SMILES string of the molecule is Nc1nc(-c2cc(-c3ccon3)n(Cc3ccccc3F)n2)ncc1NC(=O)c1cnco1. The van der Waals surface area contributed by atoms with Crippen LogP contribution in [0.15, 0.2) is 70.4 Å². The van der Waals surface area contributed by atoms with E-state index in [9.17, 15) is 9.18 Å². The Morgan fingerprint density at radius 1 is 1.18 bits per heavy atom. The molecule has 12 heteroatoms. The fraction of sp³-hybridized carbons (Fsp3) is 0.0476. The molecule has 1 aromatic carbocycles. The Labute approximate surface area is 185 Å². The zero-order valence-corrected chi connectivity index (χ0v) is 16.8. The van der Waals surface area contributed by atoms with Gasteiger partial charge in [0.15, 0.2) is 18.0 Å². The van der Waals surface area contributed by atoms with Crippen molar-refractivity contribution in [2.45, 2.75) is 6.54 Å². The van der Waals surface area contributed by atoms with Crippen LogP contribution >= 0.6 is 0 Å². The first-order valence-corrected chi connectivity index (χ1v) is 9.63. The molecule has 0 saturated carbocycles. The number of nitrogens with zero attached hydrogens (tertiary/aromatic N) is 6. The molecule has 0 aliphatic carbocycles. The van der Waals surface area contributed by atoms with Crippen LogP contribution in [0.1, 0.15) is 16.1 Å². The molecule has 4 aromatic heterocycles. The van der Waals surface area contributed by atoms with E-state index in [0.717, 1.165) is 6.39 Å². The van der Waals surface area contributed by atoms with Gasteiger partial charge in [-0.1, -0.05) is 23.4 Å². The standard InChI is InChI=1S/C21H15FN8O3/c22-13-4-2-1-3-12(13)10-30-17(14-5-6-33-29-14)7-15(28-30)20-25-8-16(19(23)27-20)26-21(31)18-9-24-11-32-18/h1-9,11H,10H2,(H,26,31)(H2,23,25,27). The van der Waals surface area contributed by atoms with Crippen LogP contribution in [0.4, 0.5) is 15.9 Å². The lowest BCUT2D eigenvalue weighted by Gasteiger charge is -2.07. The summed E-state index contributed by atoms with van der Waals surface area (Å²) < 4.78 is 25.7. The Morgan fingerprint density at radius 3 is 2.79 bits per heavy atom. The van der Waals surface area contributed by atoms with Crippen LogP contribution in [0.25, 0.3) is 22.9 Å². The van der Waals surface area contributed by atoms with Gasteiger partial charge in [0, 0.05) is 11.6 Å². The molecule has 0 saturated heterocycles. The summed E-state index contributed by atoms with van der Waals surface area (Å²) in [6.45, 7) is 0.148. The van der Waals surface area contributed by atoms with Crippen molar-refractivity contribution in [1.29, 1.82) is 0 Å². The number of benzene rings is 1. The molecule has 0 radical (unpaired) electrons. The van der Waals surface area contributed by atoms with E-state index in [1.54, 1.807) is 35.0 Å². The van der Waals surface area contributed by atoms with Gasteiger partial charge in [-0.25, -0.2) is 19.3 Å². The molecule has 33 heavy (non-hydrogen) atoms.